The van der Waals surface area contributed by atoms with E-state index < -0.39 is 0 Å². The molecule has 2 heterocycles. The second-order valence-electron chi connectivity index (χ2n) is 9.92. The molecule has 1 saturated carbocycles. The Balaban J connectivity index is 1.52. The maximum atomic E-state index is 10.6. The summed E-state index contributed by atoms with van der Waals surface area (Å²) in [6, 6.07) is 2.33. The van der Waals surface area contributed by atoms with Crippen LogP contribution in [0.25, 0.3) is 0 Å². The van der Waals surface area contributed by atoms with Crippen LogP contribution in [0.15, 0.2) is 6.07 Å². The molecule has 0 atom stereocenters. The summed E-state index contributed by atoms with van der Waals surface area (Å²) in [4.78, 5) is 24.9. The van der Waals surface area contributed by atoms with Crippen molar-refractivity contribution in [1.29, 1.82) is 0 Å². The molecule has 1 saturated heterocycles. The topological polar surface area (TPSA) is 81.6 Å². The highest BCUT2D eigenvalue weighted by molar-refractivity contribution is 5.46. The van der Waals surface area contributed by atoms with Crippen molar-refractivity contribution < 1.29 is 9.90 Å². The molecule has 1 aromatic rings. The first-order chi connectivity index (χ1) is 14.4. The molecular weight excluding hydrogens is 378 g/mol. The van der Waals surface area contributed by atoms with Gasteiger partial charge in [0.15, 0.2) is 0 Å². The van der Waals surface area contributed by atoms with Crippen molar-refractivity contribution in [3.8, 4) is 0 Å². The molecule has 1 aliphatic carbocycles. The van der Waals surface area contributed by atoms with Gasteiger partial charge in [0.1, 0.15) is 11.6 Å². The van der Waals surface area contributed by atoms with E-state index >= 15 is 0 Å². The number of hydrogen-bond donors (Lipinski definition) is 2. The Morgan fingerprint density at radius 3 is 2.57 bits per heavy atom. The molecule has 1 aliphatic heterocycles. The van der Waals surface area contributed by atoms with E-state index in [2.05, 4.69) is 40.9 Å². The standard InChI is InChI=1S/C23H39N5O2/c1-23(2,3)22-25-20(16-29)15-21(26-22)28-11-4-10-27(13-14-28)12-9-18-5-7-19(8-6-18)24-17-30/h15,17-19,29H,4-14,16H2,1-3H3,(H,24,30). The van der Waals surface area contributed by atoms with Crippen LogP contribution in [0.5, 0.6) is 0 Å². The van der Waals surface area contributed by atoms with E-state index in [1.807, 2.05) is 6.07 Å². The number of nitrogens with zero attached hydrogens (tertiary/aromatic N) is 4. The van der Waals surface area contributed by atoms with E-state index in [-0.39, 0.29) is 12.0 Å². The zero-order valence-electron chi connectivity index (χ0n) is 18.9. The largest absolute Gasteiger partial charge is 0.390 e. The maximum Gasteiger partial charge on any atom is 0.207 e. The summed E-state index contributed by atoms with van der Waals surface area (Å²) < 4.78 is 0. The number of aliphatic hydroxyl groups excluding tert-OH is 1. The summed E-state index contributed by atoms with van der Waals surface area (Å²) in [6.45, 7) is 11.6. The highest BCUT2D eigenvalue weighted by Crippen LogP contribution is 2.27. The SMILES string of the molecule is CC(C)(C)c1nc(CO)cc(N2CCCN(CCC3CCC(NC=O)CC3)CC2)n1. The Labute approximate surface area is 181 Å². The van der Waals surface area contributed by atoms with Gasteiger partial charge in [-0.25, -0.2) is 9.97 Å². The van der Waals surface area contributed by atoms with Crippen LogP contribution in [0, 0.1) is 5.92 Å². The molecule has 7 heteroatoms. The number of hydrogen-bond acceptors (Lipinski definition) is 6. The van der Waals surface area contributed by atoms with Gasteiger partial charge in [-0.3, -0.25) is 4.79 Å². The van der Waals surface area contributed by atoms with Gasteiger partial charge in [-0.15, -0.1) is 0 Å². The molecule has 30 heavy (non-hydrogen) atoms. The maximum absolute atomic E-state index is 10.6. The van der Waals surface area contributed by atoms with Crippen molar-refractivity contribution in [3.63, 3.8) is 0 Å². The molecule has 7 nitrogen and oxygen atoms in total. The number of aliphatic hydroxyl groups is 1. The van der Waals surface area contributed by atoms with Gasteiger partial charge < -0.3 is 20.2 Å². The molecule has 2 fully saturated rings. The van der Waals surface area contributed by atoms with Crippen LogP contribution in [0.2, 0.25) is 0 Å². The average Bonchev–Trinajstić information content (AvgIpc) is 2.98. The van der Waals surface area contributed by atoms with Crippen molar-refractivity contribution in [3.05, 3.63) is 17.6 Å². The van der Waals surface area contributed by atoms with Gasteiger partial charge in [-0.2, -0.15) is 0 Å². The van der Waals surface area contributed by atoms with E-state index in [1.54, 1.807) is 0 Å². The molecule has 1 amide bonds. The van der Waals surface area contributed by atoms with Crippen LogP contribution >= 0.6 is 0 Å². The minimum atomic E-state index is -0.141. The lowest BCUT2D eigenvalue weighted by Gasteiger charge is -2.30. The van der Waals surface area contributed by atoms with Crippen LogP contribution in [0.1, 0.15) is 70.8 Å². The summed E-state index contributed by atoms with van der Waals surface area (Å²) in [5.74, 6) is 2.53. The Kier molecular flexibility index (Phi) is 8.06. The van der Waals surface area contributed by atoms with E-state index in [0.717, 1.165) is 76.0 Å². The van der Waals surface area contributed by atoms with Gasteiger partial charge >= 0.3 is 0 Å². The second-order valence-corrected chi connectivity index (χ2v) is 9.92. The van der Waals surface area contributed by atoms with Crippen molar-refractivity contribution >= 4 is 12.2 Å². The summed E-state index contributed by atoms with van der Waals surface area (Å²) in [6.07, 6.45) is 7.92. The summed E-state index contributed by atoms with van der Waals surface area (Å²) >= 11 is 0. The first-order valence-electron chi connectivity index (χ1n) is 11.6. The lowest BCUT2D eigenvalue weighted by atomic mass is 9.84. The minimum absolute atomic E-state index is 0.0524. The Morgan fingerprint density at radius 2 is 1.90 bits per heavy atom. The lowest BCUT2D eigenvalue weighted by molar-refractivity contribution is -0.110. The third-order valence-corrected chi connectivity index (χ3v) is 6.52. The third kappa shape index (κ3) is 6.38. The Bertz CT molecular complexity index is 683. The smallest absolute Gasteiger partial charge is 0.207 e. The summed E-state index contributed by atoms with van der Waals surface area (Å²) in [7, 11) is 0. The Hall–Kier alpha value is -1.73. The van der Waals surface area contributed by atoms with E-state index in [1.165, 1.54) is 19.3 Å². The highest BCUT2D eigenvalue weighted by Gasteiger charge is 2.24. The van der Waals surface area contributed by atoms with Crippen LogP contribution in [-0.4, -0.2) is 65.2 Å². The number of anilines is 1. The summed E-state index contributed by atoms with van der Waals surface area (Å²) in [5.41, 5.74) is 0.559. The first kappa shape index (κ1) is 22.9. The van der Waals surface area contributed by atoms with Gasteiger partial charge in [0, 0.05) is 37.2 Å². The molecule has 2 N–H and O–H groups in total. The van der Waals surface area contributed by atoms with E-state index in [9.17, 15) is 9.90 Å². The predicted octanol–water partition coefficient (Wildman–Crippen LogP) is 2.47. The summed E-state index contributed by atoms with van der Waals surface area (Å²) in [5, 5.41) is 12.6. The van der Waals surface area contributed by atoms with Crippen molar-refractivity contribution in [2.24, 2.45) is 5.92 Å². The van der Waals surface area contributed by atoms with Crippen LogP contribution < -0.4 is 10.2 Å². The normalized spacial score (nSPS) is 23.8. The molecule has 168 valence electrons. The van der Waals surface area contributed by atoms with Crippen molar-refractivity contribution in [1.82, 2.24) is 20.2 Å². The third-order valence-electron chi connectivity index (χ3n) is 6.52. The number of rotatable bonds is 7. The molecule has 2 aliphatic rings. The molecule has 0 unspecified atom stereocenters. The lowest BCUT2D eigenvalue weighted by Crippen LogP contribution is -2.35. The minimum Gasteiger partial charge on any atom is -0.390 e. The van der Waals surface area contributed by atoms with Gasteiger partial charge in [-0.1, -0.05) is 20.8 Å². The fourth-order valence-electron chi connectivity index (χ4n) is 4.56. The molecule has 1 aromatic heterocycles. The molecule has 3 rings (SSSR count). The van der Waals surface area contributed by atoms with Gasteiger partial charge in [-0.05, 0) is 57.5 Å². The molecular formula is C23H39N5O2. The zero-order valence-corrected chi connectivity index (χ0v) is 18.9. The molecule has 0 spiro atoms. The first-order valence-corrected chi connectivity index (χ1v) is 11.6. The van der Waals surface area contributed by atoms with Crippen molar-refractivity contribution in [2.75, 3.05) is 37.6 Å². The fraction of sp³-hybridized carbons (Fsp3) is 0.783. The zero-order chi connectivity index (χ0) is 21.6. The Morgan fingerprint density at radius 1 is 1.13 bits per heavy atom. The number of aromatic nitrogens is 2. The van der Waals surface area contributed by atoms with E-state index in [4.69, 9.17) is 4.98 Å². The highest BCUT2D eigenvalue weighted by atomic mass is 16.3. The number of carbonyl (C=O) groups is 1. The van der Waals surface area contributed by atoms with Crippen LogP contribution in [-0.2, 0) is 16.8 Å². The number of amides is 1. The monoisotopic (exact) mass is 417 g/mol. The molecule has 0 radical (unpaired) electrons. The average molecular weight is 418 g/mol. The van der Waals surface area contributed by atoms with Crippen LogP contribution in [0.3, 0.4) is 0 Å². The molecule has 0 bridgehead atoms. The van der Waals surface area contributed by atoms with Crippen molar-refractivity contribution in [2.45, 2.75) is 77.4 Å². The number of carbonyl (C=O) groups excluding carboxylic acids is 1. The quantitative estimate of drug-likeness (QED) is 0.664. The fourth-order valence-corrected chi connectivity index (χ4v) is 4.56. The van der Waals surface area contributed by atoms with Gasteiger partial charge in [0.25, 0.3) is 0 Å². The van der Waals surface area contributed by atoms with E-state index in [0.29, 0.717) is 11.7 Å². The number of nitrogens with one attached hydrogen (secondary N) is 1. The van der Waals surface area contributed by atoms with Gasteiger partial charge in [0.05, 0.1) is 12.3 Å². The molecule has 0 aromatic carbocycles. The predicted molar refractivity (Wildman–Crippen MR) is 119 cm³/mol. The second kappa shape index (κ2) is 10.5. The van der Waals surface area contributed by atoms with Crippen LogP contribution in [0.4, 0.5) is 5.82 Å². The van der Waals surface area contributed by atoms with Gasteiger partial charge in [0.2, 0.25) is 6.41 Å².